The molecule has 0 heterocycles. The number of hydrogen-bond donors (Lipinski definition) is 1. The summed E-state index contributed by atoms with van der Waals surface area (Å²) < 4.78 is 0. The van der Waals surface area contributed by atoms with Gasteiger partial charge in [-0.2, -0.15) is 0 Å². The molecule has 0 bridgehead atoms. The molecular formula is C18H26ClN. The second-order valence-electron chi connectivity index (χ2n) is 7.30. The summed E-state index contributed by atoms with van der Waals surface area (Å²) in [6, 6.07) is 7.57. The van der Waals surface area contributed by atoms with Gasteiger partial charge in [0.2, 0.25) is 0 Å². The van der Waals surface area contributed by atoms with Crippen LogP contribution in [-0.2, 0) is 6.42 Å². The standard InChI is InChI=1S/C18H26ClN/c1-18(2)12-13-9-10-14(19)11-16(13)17(18)20-15-7-5-3-4-6-8-15/h9-11,15,17,20H,3-8,12H2,1-2H3. The summed E-state index contributed by atoms with van der Waals surface area (Å²) in [4.78, 5) is 0. The highest BCUT2D eigenvalue weighted by molar-refractivity contribution is 6.30. The molecule has 110 valence electrons. The first-order valence-electron chi connectivity index (χ1n) is 8.11. The number of hydrogen-bond acceptors (Lipinski definition) is 1. The summed E-state index contributed by atoms with van der Waals surface area (Å²) in [6.45, 7) is 4.77. The Morgan fingerprint density at radius 3 is 2.50 bits per heavy atom. The number of nitrogens with one attached hydrogen (secondary N) is 1. The summed E-state index contributed by atoms with van der Waals surface area (Å²) in [5.74, 6) is 0. The smallest absolute Gasteiger partial charge is 0.0409 e. The number of rotatable bonds is 2. The Morgan fingerprint density at radius 2 is 1.80 bits per heavy atom. The maximum absolute atomic E-state index is 6.22. The first-order valence-corrected chi connectivity index (χ1v) is 8.48. The fraction of sp³-hybridized carbons (Fsp3) is 0.667. The Labute approximate surface area is 128 Å². The van der Waals surface area contributed by atoms with Crippen LogP contribution in [0.4, 0.5) is 0 Å². The van der Waals surface area contributed by atoms with Gasteiger partial charge in [0.15, 0.2) is 0 Å². The summed E-state index contributed by atoms with van der Waals surface area (Å²) in [7, 11) is 0. The van der Waals surface area contributed by atoms with Crippen LogP contribution in [0.2, 0.25) is 5.02 Å². The molecule has 2 aliphatic rings. The second kappa shape index (κ2) is 5.69. The minimum Gasteiger partial charge on any atom is -0.307 e. The van der Waals surface area contributed by atoms with Crippen LogP contribution < -0.4 is 5.32 Å². The van der Waals surface area contributed by atoms with Gasteiger partial charge in [-0.15, -0.1) is 0 Å². The van der Waals surface area contributed by atoms with E-state index in [1.807, 2.05) is 6.07 Å². The van der Waals surface area contributed by atoms with E-state index in [-0.39, 0.29) is 0 Å². The zero-order valence-electron chi connectivity index (χ0n) is 12.7. The molecule has 1 fully saturated rings. The van der Waals surface area contributed by atoms with E-state index in [1.165, 1.54) is 49.7 Å². The minimum atomic E-state index is 0.291. The van der Waals surface area contributed by atoms with Crippen molar-refractivity contribution in [1.82, 2.24) is 5.32 Å². The fourth-order valence-corrected chi connectivity index (χ4v) is 4.19. The third-order valence-electron chi connectivity index (χ3n) is 5.10. The van der Waals surface area contributed by atoms with Crippen molar-refractivity contribution in [2.24, 2.45) is 5.41 Å². The molecule has 20 heavy (non-hydrogen) atoms. The van der Waals surface area contributed by atoms with Gasteiger partial charge in [-0.3, -0.25) is 0 Å². The quantitative estimate of drug-likeness (QED) is 0.731. The highest BCUT2D eigenvalue weighted by Gasteiger charge is 2.39. The fourth-order valence-electron chi connectivity index (χ4n) is 4.01. The van der Waals surface area contributed by atoms with Gasteiger partial charge < -0.3 is 5.32 Å². The second-order valence-corrected chi connectivity index (χ2v) is 7.73. The summed E-state index contributed by atoms with van der Waals surface area (Å²) in [6.07, 6.45) is 9.42. The normalized spacial score (nSPS) is 26.2. The molecule has 0 radical (unpaired) electrons. The molecule has 2 heteroatoms. The van der Waals surface area contributed by atoms with Crippen LogP contribution in [-0.4, -0.2) is 6.04 Å². The summed E-state index contributed by atoms with van der Waals surface area (Å²) in [5.41, 5.74) is 3.21. The predicted molar refractivity (Wildman–Crippen MR) is 86.3 cm³/mol. The van der Waals surface area contributed by atoms with Gasteiger partial charge in [0.25, 0.3) is 0 Å². The molecule has 2 aliphatic carbocycles. The van der Waals surface area contributed by atoms with Crippen LogP contribution in [0.5, 0.6) is 0 Å². The Morgan fingerprint density at radius 1 is 1.10 bits per heavy atom. The molecule has 1 aromatic rings. The lowest BCUT2D eigenvalue weighted by molar-refractivity contribution is 0.239. The van der Waals surface area contributed by atoms with E-state index < -0.39 is 0 Å². The molecule has 1 saturated carbocycles. The summed E-state index contributed by atoms with van der Waals surface area (Å²) >= 11 is 6.22. The van der Waals surface area contributed by atoms with E-state index >= 15 is 0 Å². The van der Waals surface area contributed by atoms with Crippen molar-refractivity contribution < 1.29 is 0 Å². The molecule has 0 spiro atoms. The van der Waals surface area contributed by atoms with Crippen molar-refractivity contribution in [2.45, 2.75) is 70.9 Å². The molecule has 1 unspecified atom stereocenters. The largest absolute Gasteiger partial charge is 0.307 e. The zero-order chi connectivity index (χ0) is 14.2. The molecule has 1 N–H and O–H groups in total. The first kappa shape index (κ1) is 14.4. The van der Waals surface area contributed by atoms with Gasteiger partial charge in [-0.25, -0.2) is 0 Å². The first-order chi connectivity index (χ1) is 9.56. The highest BCUT2D eigenvalue weighted by atomic mass is 35.5. The molecule has 0 saturated heterocycles. The Bertz CT molecular complexity index is 472. The van der Waals surface area contributed by atoms with Crippen LogP contribution in [0, 0.1) is 5.41 Å². The molecule has 0 amide bonds. The lowest BCUT2D eigenvalue weighted by atomic mass is 9.84. The Kier molecular flexibility index (Phi) is 4.10. The average Bonchev–Trinajstić information content (AvgIpc) is 2.60. The minimum absolute atomic E-state index is 0.291. The van der Waals surface area contributed by atoms with Gasteiger partial charge in [0.1, 0.15) is 0 Å². The highest BCUT2D eigenvalue weighted by Crippen LogP contribution is 2.46. The molecule has 3 rings (SSSR count). The molecular weight excluding hydrogens is 266 g/mol. The van der Waals surface area contributed by atoms with Crippen LogP contribution >= 0.6 is 11.6 Å². The average molecular weight is 292 g/mol. The van der Waals surface area contributed by atoms with Crippen molar-refractivity contribution in [2.75, 3.05) is 0 Å². The van der Waals surface area contributed by atoms with E-state index in [0.29, 0.717) is 17.5 Å². The third kappa shape index (κ3) is 2.89. The lowest BCUT2D eigenvalue weighted by Crippen LogP contribution is -2.38. The Hall–Kier alpha value is -0.530. The maximum Gasteiger partial charge on any atom is 0.0409 e. The third-order valence-corrected chi connectivity index (χ3v) is 5.34. The molecule has 1 nitrogen and oxygen atoms in total. The number of fused-ring (bicyclic) bond motifs is 1. The lowest BCUT2D eigenvalue weighted by Gasteiger charge is -2.32. The van der Waals surface area contributed by atoms with Crippen molar-refractivity contribution in [3.63, 3.8) is 0 Å². The van der Waals surface area contributed by atoms with Crippen molar-refractivity contribution in [3.05, 3.63) is 34.3 Å². The van der Waals surface area contributed by atoms with E-state index in [2.05, 4.69) is 31.3 Å². The van der Waals surface area contributed by atoms with Gasteiger partial charge in [-0.1, -0.05) is 57.2 Å². The van der Waals surface area contributed by atoms with Crippen molar-refractivity contribution >= 4 is 11.6 Å². The van der Waals surface area contributed by atoms with E-state index in [4.69, 9.17) is 11.6 Å². The maximum atomic E-state index is 6.22. The van der Waals surface area contributed by atoms with E-state index in [0.717, 1.165) is 11.4 Å². The number of halogens is 1. The molecule has 1 aromatic carbocycles. The topological polar surface area (TPSA) is 12.0 Å². The zero-order valence-corrected chi connectivity index (χ0v) is 13.5. The predicted octanol–water partition coefficient (Wildman–Crippen LogP) is 5.28. The van der Waals surface area contributed by atoms with Crippen LogP contribution in [0.1, 0.15) is 69.5 Å². The monoisotopic (exact) mass is 291 g/mol. The molecule has 0 aromatic heterocycles. The van der Waals surface area contributed by atoms with Crippen LogP contribution in [0.15, 0.2) is 18.2 Å². The molecule has 1 atom stereocenters. The summed E-state index contributed by atoms with van der Waals surface area (Å²) in [5, 5.41) is 4.84. The van der Waals surface area contributed by atoms with Crippen LogP contribution in [0.25, 0.3) is 0 Å². The van der Waals surface area contributed by atoms with Crippen molar-refractivity contribution in [1.29, 1.82) is 0 Å². The Balaban J connectivity index is 1.82. The number of benzene rings is 1. The van der Waals surface area contributed by atoms with E-state index in [1.54, 1.807) is 0 Å². The van der Waals surface area contributed by atoms with Crippen molar-refractivity contribution in [3.8, 4) is 0 Å². The SMILES string of the molecule is CC1(C)Cc2ccc(Cl)cc2C1NC1CCCCCC1. The van der Waals surface area contributed by atoms with Gasteiger partial charge >= 0.3 is 0 Å². The van der Waals surface area contributed by atoms with E-state index in [9.17, 15) is 0 Å². The van der Waals surface area contributed by atoms with Gasteiger partial charge in [0, 0.05) is 17.1 Å². The van der Waals surface area contributed by atoms with Gasteiger partial charge in [0.05, 0.1) is 0 Å². The molecule has 0 aliphatic heterocycles. The van der Waals surface area contributed by atoms with Crippen LogP contribution in [0.3, 0.4) is 0 Å². The van der Waals surface area contributed by atoms with Gasteiger partial charge in [-0.05, 0) is 47.9 Å².